The SMILES string of the molecule is O=C(CNC(=O)C1CCCC1)NCCCCSc1ccccc1Br. The predicted octanol–water partition coefficient (Wildman–Crippen LogP) is 3.74. The standard InChI is InChI=1S/C18H25BrN2O2S/c19-15-9-3-4-10-16(15)24-12-6-5-11-20-17(22)13-21-18(23)14-7-1-2-8-14/h3-4,9-10,14H,1-2,5-8,11-13H2,(H,20,22)(H,21,23). The summed E-state index contributed by atoms with van der Waals surface area (Å²) in [6.45, 7) is 0.760. The third kappa shape index (κ3) is 6.85. The zero-order valence-corrected chi connectivity index (χ0v) is 16.3. The molecule has 2 N–H and O–H groups in total. The van der Waals surface area contributed by atoms with E-state index in [0.717, 1.165) is 48.8 Å². The molecule has 2 rings (SSSR count). The molecule has 0 aromatic heterocycles. The second kappa shape index (κ2) is 10.8. The number of hydrogen-bond acceptors (Lipinski definition) is 3. The predicted molar refractivity (Wildman–Crippen MR) is 102 cm³/mol. The van der Waals surface area contributed by atoms with E-state index in [2.05, 4.69) is 32.6 Å². The van der Waals surface area contributed by atoms with Gasteiger partial charge in [-0.2, -0.15) is 0 Å². The fraction of sp³-hybridized carbons (Fsp3) is 0.556. The van der Waals surface area contributed by atoms with Gasteiger partial charge in [0.1, 0.15) is 0 Å². The van der Waals surface area contributed by atoms with Crippen molar-refractivity contribution >= 4 is 39.5 Å². The third-order valence-corrected chi connectivity index (χ3v) is 6.25. The van der Waals surface area contributed by atoms with E-state index in [1.807, 2.05) is 30.0 Å². The van der Waals surface area contributed by atoms with E-state index in [1.54, 1.807) is 0 Å². The fourth-order valence-electron chi connectivity index (χ4n) is 2.76. The summed E-state index contributed by atoms with van der Waals surface area (Å²) in [5, 5.41) is 5.61. The zero-order chi connectivity index (χ0) is 17.2. The molecule has 6 heteroatoms. The average molecular weight is 413 g/mol. The molecular formula is C18H25BrN2O2S. The molecule has 24 heavy (non-hydrogen) atoms. The van der Waals surface area contributed by atoms with Crippen molar-refractivity contribution in [3.05, 3.63) is 28.7 Å². The van der Waals surface area contributed by atoms with E-state index in [9.17, 15) is 9.59 Å². The Hall–Kier alpha value is -1.01. The average Bonchev–Trinajstić information content (AvgIpc) is 3.12. The van der Waals surface area contributed by atoms with Crippen LogP contribution in [0.2, 0.25) is 0 Å². The van der Waals surface area contributed by atoms with Gasteiger partial charge in [0.15, 0.2) is 0 Å². The van der Waals surface area contributed by atoms with E-state index in [0.29, 0.717) is 6.54 Å². The normalized spacial score (nSPS) is 14.5. The van der Waals surface area contributed by atoms with Crippen molar-refractivity contribution in [3.8, 4) is 0 Å². The minimum Gasteiger partial charge on any atom is -0.355 e. The molecule has 1 aromatic carbocycles. The maximum Gasteiger partial charge on any atom is 0.239 e. The van der Waals surface area contributed by atoms with Crippen LogP contribution in [0.15, 0.2) is 33.6 Å². The second-order valence-corrected chi connectivity index (χ2v) is 8.03. The number of nitrogens with one attached hydrogen (secondary N) is 2. The van der Waals surface area contributed by atoms with Crippen molar-refractivity contribution in [2.75, 3.05) is 18.8 Å². The molecule has 0 unspecified atom stereocenters. The van der Waals surface area contributed by atoms with Gasteiger partial charge in [0, 0.05) is 21.8 Å². The summed E-state index contributed by atoms with van der Waals surface area (Å²) >= 11 is 5.36. The van der Waals surface area contributed by atoms with Crippen LogP contribution < -0.4 is 10.6 Å². The van der Waals surface area contributed by atoms with Crippen LogP contribution in [0.4, 0.5) is 0 Å². The van der Waals surface area contributed by atoms with Gasteiger partial charge in [-0.15, -0.1) is 11.8 Å². The number of carbonyl (C=O) groups excluding carboxylic acids is 2. The molecule has 0 heterocycles. The first-order valence-electron chi connectivity index (χ1n) is 8.58. The van der Waals surface area contributed by atoms with Crippen LogP contribution in [0.25, 0.3) is 0 Å². The lowest BCUT2D eigenvalue weighted by molar-refractivity contribution is -0.128. The van der Waals surface area contributed by atoms with E-state index in [4.69, 9.17) is 0 Å². The summed E-state index contributed by atoms with van der Waals surface area (Å²) < 4.78 is 1.13. The van der Waals surface area contributed by atoms with Gasteiger partial charge < -0.3 is 10.6 Å². The minimum absolute atomic E-state index is 0.0347. The summed E-state index contributed by atoms with van der Waals surface area (Å²) in [5.74, 6) is 1.08. The Kier molecular flexibility index (Phi) is 8.67. The van der Waals surface area contributed by atoms with Gasteiger partial charge in [0.05, 0.1) is 6.54 Å². The quantitative estimate of drug-likeness (QED) is 0.479. The summed E-state index contributed by atoms with van der Waals surface area (Å²) in [5.41, 5.74) is 0. The second-order valence-electron chi connectivity index (χ2n) is 6.04. The lowest BCUT2D eigenvalue weighted by Crippen LogP contribution is -2.39. The van der Waals surface area contributed by atoms with Crippen molar-refractivity contribution in [1.82, 2.24) is 10.6 Å². The van der Waals surface area contributed by atoms with Crippen molar-refractivity contribution in [1.29, 1.82) is 0 Å². The highest BCUT2D eigenvalue weighted by molar-refractivity contribution is 9.10. The van der Waals surface area contributed by atoms with Gasteiger partial charge >= 0.3 is 0 Å². The maximum absolute atomic E-state index is 11.8. The van der Waals surface area contributed by atoms with Crippen molar-refractivity contribution < 1.29 is 9.59 Å². The molecule has 1 saturated carbocycles. The monoisotopic (exact) mass is 412 g/mol. The van der Waals surface area contributed by atoms with Gasteiger partial charge in [-0.05, 0) is 59.5 Å². The lowest BCUT2D eigenvalue weighted by atomic mass is 10.1. The van der Waals surface area contributed by atoms with Crippen molar-refractivity contribution in [2.45, 2.75) is 43.4 Å². The lowest BCUT2D eigenvalue weighted by Gasteiger charge is -2.10. The van der Waals surface area contributed by atoms with E-state index in [1.165, 1.54) is 4.90 Å². The molecule has 1 aliphatic rings. The van der Waals surface area contributed by atoms with Gasteiger partial charge in [-0.25, -0.2) is 0 Å². The largest absolute Gasteiger partial charge is 0.355 e. The van der Waals surface area contributed by atoms with Crippen LogP contribution in [0.3, 0.4) is 0 Å². The number of amides is 2. The fourth-order valence-corrected chi connectivity index (χ4v) is 4.34. The molecule has 0 saturated heterocycles. The first kappa shape index (κ1) is 19.3. The number of halogens is 1. The van der Waals surface area contributed by atoms with E-state index in [-0.39, 0.29) is 24.3 Å². The molecule has 132 valence electrons. The van der Waals surface area contributed by atoms with Gasteiger partial charge in [-0.1, -0.05) is 25.0 Å². The smallest absolute Gasteiger partial charge is 0.239 e. The number of hydrogen-bond donors (Lipinski definition) is 2. The molecule has 2 amide bonds. The summed E-state index contributed by atoms with van der Waals surface area (Å²) in [6, 6.07) is 8.19. The van der Waals surface area contributed by atoms with Crippen LogP contribution in [-0.4, -0.2) is 30.7 Å². The van der Waals surface area contributed by atoms with E-state index < -0.39 is 0 Å². The molecule has 1 aromatic rings. The Balaban J connectivity index is 1.48. The number of unbranched alkanes of at least 4 members (excludes halogenated alkanes) is 1. The van der Waals surface area contributed by atoms with Crippen LogP contribution >= 0.6 is 27.7 Å². The Morgan fingerprint density at radius 1 is 1.12 bits per heavy atom. The van der Waals surface area contributed by atoms with Crippen LogP contribution in [0, 0.1) is 5.92 Å². The summed E-state index contributed by atoms with van der Waals surface area (Å²) in [4.78, 5) is 24.8. The van der Waals surface area contributed by atoms with E-state index >= 15 is 0 Å². The molecule has 0 bridgehead atoms. The maximum atomic E-state index is 11.8. The Morgan fingerprint density at radius 2 is 1.88 bits per heavy atom. The van der Waals surface area contributed by atoms with Crippen molar-refractivity contribution in [2.24, 2.45) is 5.92 Å². The molecular weight excluding hydrogens is 388 g/mol. The van der Waals surface area contributed by atoms with Crippen LogP contribution in [0.5, 0.6) is 0 Å². The first-order valence-corrected chi connectivity index (χ1v) is 10.4. The van der Waals surface area contributed by atoms with Gasteiger partial charge in [0.25, 0.3) is 0 Å². The third-order valence-electron chi connectivity index (χ3n) is 4.14. The Bertz CT molecular complexity index is 548. The minimum atomic E-state index is -0.0974. The first-order chi connectivity index (χ1) is 11.7. The number of rotatable bonds is 9. The van der Waals surface area contributed by atoms with Crippen molar-refractivity contribution in [3.63, 3.8) is 0 Å². The molecule has 0 aliphatic heterocycles. The van der Waals surface area contributed by atoms with Gasteiger partial charge in [-0.3, -0.25) is 9.59 Å². The zero-order valence-electron chi connectivity index (χ0n) is 13.9. The molecule has 4 nitrogen and oxygen atoms in total. The topological polar surface area (TPSA) is 58.2 Å². The van der Waals surface area contributed by atoms with Gasteiger partial charge in [0.2, 0.25) is 11.8 Å². The Morgan fingerprint density at radius 3 is 2.62 bits per heavy atom. The highest BCUT2D eigenvalue weighted by atomic mass is 79.9. The molecule has 0 spiro atoms. The van der Waals surface area contributed by atoms with Crippen LogP contribution in [0.1, 0.15) is 38.5 Å². The highest BCUT2D eigenvalue weighted by Gasteiger charge is 2.22. The summed E-state index contributed by atoms with van der Waals surface area (Å²) in [6.07, 6.45) is 6.16. The number of thioether (sulfide) groups is 1. The number of benzene rings is 1. The molecule has 0 atom stereocenters. The summed E-state index contributed by atoms with van der Waals surface area (Å²) in [7, 11) is 0. The van der Waals surface area contributed by atoms with Crippen LogP contribution in [-0.2, 0) is 9.59 Å². The Labute approximate surface area is 156 Å². The molecule has 1 aliphatic carbocycles. The number of carbonyl (C=O) groups is 2. The highest BCUT2D eigenvalue weighted by Crippen LogP contribution is 2.27. The molecule has 1 fully saturated rings. The molecule has 0 radical (unpaired) electrons.